The molecule has 2 rings (SSSR count). The molecule has 0 atom stereocenters. The van der Waals surface area contributed by atoms with E-state index in [1.807, 2.05) is 30.3 Å². The highest BCUT2D eigenvalue weighted by Gasteiger charge is 2.20. The number of hydrogen-bond acceptors (Lipinski definition) is 3. The van der Waals surface area contributed by atoms with Crippen LogP contribution >= 0.6 is 11.6 Å². The molecular formula is C33H48ClNO2. The topological polar surface area (TPSA) is 50.2 Å². The summed E-state index contributed by atoms with van der Waals surface area (Å²) in [6.45, 7) is 8.67. The molecule has 0 heterocycles. The van der Waals surface area contributed by atoms with Crippen LogP contribution in [0.15, 0.2) is 42.5 Å². The number of halogens is 1. The molecule has 2 aromatic carbocycles. The van der Waals surface area contributed by atoms with E-state index in [1.54, 1.807) is 12.1 Å². The Labute approximate surface area is 230 Å². The van der Waals surface area contributed by atoms with E-state index < -0.39 is 0 Å². The van der Waals surface area contributed by atoms with E-state index in [1.165, 1.54) is 70.6 Å². The number of carbonyl (C=O) groups is 1. The Balaban J connectivity index is 1.79. The summed E-state index contributed by atoms with van der Waals surface area (Å²) in [4.78, 5) is 12.6. The van der Waals surface area contributed by atoms with Gasteiger partial charge in [0.1, 0.15) is 5.75 Å². The molecule has 0 aromatic heterocycles. The van der Waals surface area contributed by atoms with Gasteiger partial charge in [-0.15, -0.1) is 0 Å². The SMILES string of the molecule is CCCCCCCCCCCCCCCC(=O)Oc1ccc(C(C)(C)C)cc1C(=N)c1cccc(Cl)c1. The number of rotatable bonds is 17. The van der Waals surface area contributed by atoms with Gasteiger partial charge in [-0.25, -0.2) is 0 Å². The van der Waals surface area contributed by atoms with Crippen LogP contribution in [0.4, 0.5) is 0 Å². The molecule has 3 nitrogen and oxygen atoms in total. The Hall–Kier alpha value is -2.13. The third-order valence-electron chi connectivity index (χ3n) is 6.94. The van der Waals surface area contributed by atoms with Crippen molar-refractivity contribution in [1.29, 1.82) is 5.41 Å². The summed E-state index contributed by atoms with van der Waals surface area (Å²) in [6, 6.07) is 13.0. The maximum absolute atomic E-state index is 12.6. The van der Waals surface area contributed by atoms with Gasteiger partial charge in [-0.05, 0) is 41.7 Å². The fraction of sp³-hybridized carbons (Fsp3) is 0.576. The first-order valence-electron chi connectivity index (χ1n) is 14.4. The Morgan fingerprint density at radius 1 is 0.811 bits per heavy atom. The number of carbonyl (C=O) groups excluding carboxylic acids is 1. The zero-order chi connectivity index (χ0) is 27.1. The highest BCUT2D eigenvalue weighted by molar-refractivity contribution is 6.31. The maximum Gasteiger partial charge on any atom is 0.311 e. The molecule has 0 saturated heterocycles. The summed E-state index contributed by atoms with van der Waals surface area (Å²) in [5, 5.41) is 9.39. The first kappa shape index (κ1) is 31.1. The molecule has 0 fully saturated rings. The molecule has 1 N–H and O–H groups in total. The molecule has 0 bridgehead atoms. The van der Waals surface area contributed by atoms with Gasteiger partial charge in [-0.1, -0.05) is 135 Å². The van der Waals surface area contributed by atoms with Crippen LogP contribution in [0, 0.1) is 5.41 Å². The van der Waals surface area contributed by atoms with Crippen LogP contribution in [0.1, 0.15) is 134 Å². The van der Waals surface area contributed by atoms with Crippen molar-refractivity contribution in [3.05, 3.63) is 64.2 Å². The van der Waals surface area contributed by atoms with Gasteiger partial charge in [0.05, 0.1) is 5.71 Å². The molecular weight excluding hydrogens is 478 g/mol. The van der Waals surface area contributed by atoms with Crippen molar-refractivity contribution < 1.29 is 9.53 Å². The van der Waals surface area contributed by atoms with Crippen molar-refractivity contribution in [2.75, 3.05) is 0 Å². The lowest BCUT2D eigenvalue weighted by Gasteiger charge is -2.21. The van der Waals surface area contributed by atoms with Crippen LogP contribution in [-0.2, 0) is 10.2 Å². The van der Waals surface area contributed by atoms with Crippen molar-refractivity contribution in [3.63, 3.8) is 0 Å². The highest BCUT2D eigenvalue weighted by Crippen LogP contribution is 2.30. The second kappa shape index (κ2) is 16.7. The summed E-state index contributed by atoms with van der Waals surface area (Å²) in [6.07, 6.45) is 17.0. The fourth-order valence-electron chi connectivity index (χ4n) is 4.54. The van der Waals surface area contributed by atoms with Gasteiger partial charge < -0.3 is 4.74 Å². The third-order valence-corrected chi connectivity index (χ3v) is 7.17. The molecule has 0 saturated carbocycles. The molecule has 0 unspecified atom stereocenters. The van der Waals surface area contributed by atoms with Gasteiger partial charge in [0, 0.05) is 22.6 Å². The minimum Gasteiger partial charge on any atom is -0.426 e. The van der Waals surface area contributed by atoms with Gasteiger partial charge in [-0.2, -0.15) is 0 Å². The quantitative estimate of drug-likeness (QED) is 0.0965. The Morgan fingerprint density at radius 2 is 1.38 bits per heavy atom. The minimum atomic E-state index is -0.230. The molecule has 0 aliphatic rings. The van der Waals surface area contributed by atoms with E-state index in [-0.39, 0.29) is 11.4 Å². The summed E-state index contributed by atoms with van der Waals surface area (Å²) in [5.74, 6) is 0.212. The lowest BCUT2D eigenvalue weighted by atomic mass is 9.85. The van der Waals surface area contributed by atoms with Crippen molar-refractivity contribution >= 4 is 23.3 Å². The number of ether oxygens (including phenoxy) is 1. The van der Waals surface area contributed by atoms with E-state index >= 15 is 0 Å². The third kappa shape index (κ3) is 11.9. The van der Waals surface area contributed by atoms with E-state index in [4.69, 9.17) is 21.7 Å². The first-order chi connectivity index (χ1) is 17.7. The average Bonchev–Trinajstić information content (AvgIpc) is 2.86. The van der Waals surface area contributed by atoms with Gasteiger partial charge in [0.2, 0.25) is 0 Å². The fourth-order valence-corrected chi connectivity index (χ4v) is 4.73. The van der Waals surface area contributed by atoms with Crippen LogP contribution < -0.4 is 4.74 Å². The molecule has 204 valence electrons. The molecule has 0 amide bonds. The minimum absolute atomic E-state index is 0.0828. The van der Waals surface area contributed by atoms with E-state index in [0.29, 0.717) is 34.0 Å². The van der Waals surface area contributed by atoms with Crippen molar-refractivity contribution in [2.24, 2.45) is 0 Å². The van der Waals surface area contributed by atoms with Crippen LogP contribution in [0.3, 0.4) is 0 Å². The normalized spacial score (nSPS) is 11.5. The summed E-state index contributed by atoms with van der Waals surface area (Å²) < 4.78 is 5.78. The van der Waals surface area contributed by atoms with Crippen LogP contribution in [0.5, 0.6) is 5.75 Å². The second-order valence-electron chi connectivity index (χ2n) is 11.3. The molecule has 0 spiro atoms. The molecule has 0 radical (unpaired) electrons. The highest BCUT2D eigenvalue weighted by atomic mass is 35.5. The zero-order valence-corrected chi connectivity index (χ0v) is 24.4. The monoisotopic (exact) mass is 525 g/mol. The maximum atomic E-state index is 12.6. The van der Waals surface area contributed by atoms with Crippen molar-refractivity contribution in [2.45, 2.75) is 123 Å². The number of benzene rings is 2. The van der Waals surface area contributed by atoms with E-state index in [2.05, 4.69) is 27.7 Å². The lowest BCUT2D eigenvalue weighted by Crippen LogP contribution is -2.15. The van der Waals surface area contributed by atoms with Gasteiger partial charge in [-0.3, -0.25) is 10.2 Å². The Kier molecular flexibility index (Phi) is 14.0. The molecule has 0 aliphatic carbocycles. The molecule has 37 heavy (non-hydrogen) atoms. The average molecular weight is 526 g/mol. The predicted molar refractivity (Wildman–Crippen MR) is 158 cm³/mol. The molecule has 2 aromatic rings. The van der Waals surface area contributed by atoms with Crippen molar-refractivity contribution in [3.8, 4) is 5.75 Å². The Morgan fingerprint density at radius 3 is 1.92 bits per heavy atom. The Bertz CT molecular complexity index is 977. The number of nitrogens with one attached hydrogen (secondary N) is 1. The van der Waals surface area contributed by atoms with Crippen LogP contribution in [-0.4, -0.2) is 11.7 Å². The summed E-state index contributed by atoms with van der Waals surface area (Å²) >= 11 is 6.17. The van der Waals surface area contributed by atoms with Crippen LogP contribution in [0.25, 0.3) is 0 Å². The molecule has 0 aliphatic heterocycles. The van der Waals surface area contributed by atoms with Crippen LogP contribution in [0.2, 0.25) is 5.02 Å². The number of esters is 1. The summed E-state index contributed by atoms with van der Waals surface area (Å²) in [7, 11) is 0. The number of hydrogen-bond donors (Lipinski definition) is 1. The number of unbranched alkanes of at least 4 members (excludes halogenated alkanes) is 12. The zero-order valence-electron chi connectivity index (χ0n) is 23.6. The van der Waals surface area contributed by atoms with Gasteiger partial charge in [0.15, 0.2) is 0 Å². The predicted octanol–water partition coefficient (Wildman–Crippen LogP) is 10.4. The smallest absolute Gasteiger partial charge is 0.311 e. The second-order valence-corrected chi connectivity index (χ2v) is 11.7. The largest absolute Gasteiger partial charge is 0.426 e. The summed E-state index contributed by atoms with van der Waals surface area (Å²) in [5.41, 5.74) is 2.63. The van der Waals surface area contributed by atoms with Gasteiger partial charge >= 0.3 is 5.97 Å². The van der Waals surface area contributed by atoms with E-state index in [9.17, 15) is 4.79 Å². The molecule has 4 heteroatoms. The first-order valence-corrected chi connectivity index (χ1v) is 14.8. The standard InChI is InChI=1S/C33H48ClNO2/c1-5-6-7-8-9-10-11-12-13-14-15-16-17-21-31(36)37-30-23-22-27(33(2,3)4)25-29(30)32(35)26-19-18-20-28(34)24-26/h18-20,22-25,35H,5-17,21H2,1-4H3. The van der Waals surface area contributed by atoms with Gasteiger partial charge in [0.25, 0.3) is 0 Å². The lowest BCUT2D eigenvalue weighted by molar-refractivity contribution is -0.134. The van der Waals surface area contributed by atoms with E-state index in [0.717, 1.165) is 18.4 Å². The van der Waals surface area contributed by atoms with Crippen molar-refractivity contribution in [1.82, 2.24) is 0 Å².